The zero-order valence-electron chi connectivity index (χ0n) is 13.8. The van der Waals surface area contributed by atoms with Crippen LogP contribution in [0.2, 0.25) is 0 Å². The molecule has 0 aliphatic carbocycles. The highest BCUT2D eigenvalue weighted by molar-refractivity contribution is 5.90. The summed E-state index contributed by atoms with van der Waals surface area (Å²) in [5.41, 5.74) is 6.12. The molecular weight excluding hydrogens is 280 g/mol. The quantitative estimate of drug-likeness (QED) is 0.918. The smallest absolute Gasteiger partial charge is 0.284 e. The van der Waals surface area contributed by atoms with E-state index in [0.29, 0.717) is 6.54 Å². The van der Waals surface area contributed by atoms with E-state index in [9.17, 15) is 4.79 Å². The number of carbonyl (C=O) groups is 1. The van der Waals surface area contributed by atoms with Crippen LogP contribution in [-0.2, 0) is 12.0 Å². The van der Waals surface area contributed by atoms with E-state index >= 15 is 0 Å². The van der Waals surface area contributed by atoms with E-state index in [1.54, 1.807) is 12.3 Å². The first-order valence-corrected chi connectivity index (χ1v) is 7.36. The fourth-order valence-corrected chi connectivity index (χ4v) is 2.45. The van der Waals surface area contributed by atoms with Crippen molar-refractivity contribution in [1.82, 2.24) is 4.90 Å². The van der Waals surface area contributed by atoms with Gasteiger partial charge in [-0.25, -0.2) is 0 Å². The van der Waals surface area contributed by atoms with Crippen molar-refractivity contribution in [2.45, 2.75) is 45.7 Å². The normalized spacial score (nSPS) is 13.5. The van der Waals surface area contributed by atoms with E-state index in [1.807, 2.05) is 19.2 Å². The van der Waals surface area contributed by atoms with Gasteiger partial charge in [-0.15, -0.1) is 0 Å². The third-order valence-electron chi connectivity index (χ3n) is 3.77. The van der Waals surface area contributed by atoms with Crippen LogP contribution in [0.1, 0.15) is 61.4 Å². The number of amides is 1. The molecule has 2 aromatic rings. The predicted octanol–water partition coefficient (Wildman–Crippen LogP) is 3.46. The molecule has 0 saturated heterocycles. The Hall–Kier alpha value is -2.01. The van der Waals surface area contributed by atoms with Gasteiger partial charge < -0.3 is 14.6 Å². The Morgan fingerprint density at radius 1 is 1.41 bits per heavy atom. The Kier molecular flexibility index (Phi) is 4.47. The largest absolute Gasteiger partial charge is 0.468 e. The molecule has 2 heterocycles. The van der Waals surface area contributed by atoms with Gasteiger partial charge in [0.1, 0.15) is 11.5 Å². The minimum absolute atomic E-state index is 0.120. The van der Waals surface area contributed by atoms with Crippen LogP contribution >= 0.6 is 0 Å². The summed E-state index contributed by atoms with van der Waals surface area (Å²) in [5, 5.41) is 0. The van der Waals surface area contributed by atoms with Gasteiger partial charge in [0.05, 0.1) is 12.3 Å². The van der Waals surface area contributed by atoms with Crippen molar-refractivity contribution in [2.75, 3.05) is 7.05 Å². The number of hydrogen-bond acceptors (Lipinski definition) is 4. The summed E-state index contributed by atoms with van der Waals surface area (Å²) in [6.07, 6.45) is 1.67. The average Bonchev–Trinajstić information content (AvgIpc) is 3.05. The second-order valence-corrected chi connectivity index (χ2v) is 6.69. The molecule has 0 unspecified atom stereocenters. The highest BCUT2D eigenvalue weighted by Gasteiger charge is 2.26. The fraction of sp³-hybridized carbons (Fsp3) is 0.471. The number of carbonyl (C=O) groups excluding carboxylic acids is 1. The van der Waals surface area contributed by atoms with Crippen LogP contribution in [0.3, 0.4) is 0 Å². The van der Waals surface area contributed by atoms with Crippen molar-refractivity contribution >= 4 is 5.91 Å². The van der Waals surface area contributed by atoms with E-state index in [1.165, 1.54) is 0 Å². The maximum atomic E-state index is 11.4. The molecule has 2 N–H and O–H groups in total. The summed E-state index contributed by atoms with van der Waals surface area (Å²) < 4.78 is 11.1. The topological polar surface area (TPSA) is 72.6 Å². The molecule has 0 fully saturated rings. The van der Waals surface area contributed by atoms with Crippen molar-refractivity contribution in [3.05, 3.63) is 47.3 Å². The van der Waals surface area contributed by atoms with Crippen LogP contribution in [0.5, 0.6) is 0 Å². The van der Waals surface area contributed by atoms with Gasteiger partial charge in [-0.05, 0) is 32.2 Å². The number of rotatable bonds is 5. The molecule has 2 aromatic heterocycles. The Morgan fingerprint density at radius 3 is 2.59 bits per heavy atom. The summed E-state index contributed by atoms with van der Waals surface area (Å²) in [5.74, 6) is 1.36. The SMILES string of the molecule is C[C@H](c1ccco1)N(C)Cc1cc(C(N)=O)oc1C(C)(C)C. The van der Waals surface area contributed by atoms with Crippen LogP contribution in [0, 0.1) is 0 Å². The summed E-state index contributed by atoms with van der Waals surface area (Å²) in [4.78, 5) is 13.5. The van der Waals surface area contributed by atoms with Crippen molar-refractivity contribution < 1.29 is 13.6 Å². The van der Waals surface area contributed by atoms with Crippen LogP contribution in [0.25, 0.3) is 0 Å². The molecule has 0 aliphatic heterocycles. The standard InChI is InChI=1S/C17H24N2O3/c1-11(13-7-6-8-21-13)19(5)10-12-9-14(16(18)20)22-15(12)17(2,3)4/h6-9,11H,10H2,1-5H3,(H2,18,20)/t11-/m1/s1. The van der Waals surface area contributed by atoms with Gasteiger partial charge in [0, 0.05) is 17.5 Å². The predicted molar refractivity (Wildman–Crippen MR) is 84.5 cm³/mol. The third-order valence-corrected chi connectivity index (χ3v) is 3.77. The highest BCUT2D eigenvalue weighted by atomic mass is 16.4. The van der Waals surface area contributed by atoms with Crippen molar-refractivity contribution in [3.63, 3.8) is 0 Å². The van der Waals surface area contributed by atoms with Crippen molar-refractivity contribution in [1.29, 1.82) is 0 Å². The zero-order chi connectivity index (χ0) is 16.5. The monoisotopic (exact) mass is 304 g/mol. The summed E-state index contributed by atoms with van der Waals surface area (Å²) in [7, 11) is 2.01. The second kappa shape index (κ2) is 6.01. The highest BCUT2D eigenvalue weighted by Crippen LogP contribution is 2.31. The first-order valence-electron chi connectivity index (χ1n) is 7.36. The minimum Gasteiger partial charge on any atom is -0.468 e. The van der Waals surface area contributed by atoms with E-state index in [2.05, 4.69) is 32.6 Å². The van der Waals surface area contributed by atoms with Gasteiger partial charge in [0.15, 0.2) is 5.76 Å². The number of primary amides is 1. The molecular formula is C17H24N2O3. The summed E-state index contributed by atoms with van der Waals surface area (Å²) in [6.45, 7) is 8.87. The maximum Gasteiger partial charge on any atom is 0.284 e. The lowest BCUT2D eigenvalue weighted by Gasteiger charge is -2.24. The number of hydrogen-bond donors (Lipinski definition) is 1. The summed E-state index contributed by atoms with van der Waals surface area (Å²) >= 11 is 0. The molecule has 0 aromatic carbocycles. The van der Waals surface area contributed by atoms with Gasteiger partial charge in [0.25, 0.3) is 5.91 Å². The molecule has 2 rings (SSSR count). The van der Waals surface area contributed by atoms with Gasteiger partial charge >= 0.3 is 0 Å². The molecule has 22 heavy (non-hydrogen) atoms. The Bertz CT molecular complexity index is 635. The average molecular weight is 304 g/mol. The third kappa shape index (κ3) is 3.42. The number of nitrogens with zero attached hydrogens (tertiary/aromatic N) is 1. The number of nitrogens with two attached hydrogens (primary N) is 1. The molecule has 120 valence electrons. The first kappa shape index (κ1) is 16.4. The molecule has 1 amide bonds. The van der Waals surface area contributed by atoms with Gasteiger partial charge in [-0.2, -0.15) is 0 Å². The van der Waals surface area contributed by atoms with Crippen molar-refractivity contribution in [2.24, 2.45) is 5.73 Å². The molecule has 5 heteroatoms. The lowest BCUT2D eigenvalue weighted by molar-refractivity contribution is 0.0970. The molecule has 1 atom stereocenters. The molecule has 0 aliphatic rings. The number of furan rings is 2. The molecule has 0 spiro atoms. The fourth-order valence-electron chi connectivity index (χ4n) is 2.45. The molecule has 0 bridgehead atoms. The molecule has 0 radical (unpaired) electrons. The maximum absolute atomic E-state index is 11.4. The van der Waals surface area contributed by atoms with Crippen LogP contribution in [0.4, 0.5) is 0 Å². The summed E-state index contributed by atoms with van der Waals surface area (Å²) in [6, 6.07) is 5.70. The second-order valence-electron chi connectivity index (χ2n) is 6.69. The minimum atomic E-state index is -0.543. The lowest BCUT2D eigenvalue weighted by Crippen LogP contribution is -2.23. The van der Waals surface area contributed by atoms with Gasteiger partial charge in [-0.1, -0.05) is 20.8 Å². The lowest BCUT2D eigenvalue weighted by atomic mass is 9.90. The van der Waals surface area contributed by atoms with Gasteiger partial charge in [-0.3, -0.25) is 9.69 Å². The Labute approximate surface area is 131 Å². The molecule has 0 saturated carbocycles. The Morgan fingerprint density at radius 2 is 2.09 bits per heavy atom. The van der Waals surface area contributed by atoms with Crippen LogP contribution in [-0.4, -0.2) is 17.9 Å². The van der Waals surface area contributed by atoms with E-state index in [0.717, 1.165) is 17.1 Å². The van der Waals surface area contributed by atoms with E-state index in [-0.39, 0.29) is 17.2 Å². The van der Waals surface area contributed by atoms with Crippen LogP contribution in [0.15, 0.2) is 33.3 Å². The Balaban J connectivity index is 2.26. The first-order chi connectivity index (χ1) is 10.2. The van der Waals surface area contributed by atoms with Crippen molar-refractivity contribution in [3.8, 4) is 0 Å². The van der Waals surface area contributed by atoms with E-state index in [4.69, 9.17) is 14.6 Å². The van der Waals surface area contributed by atoms with Crippen LogP contribution < -0.4 is 5.73 Å². The molecule has 5 nitrogen and oxygen atoms in total. The van der Waals surface area contributed by atoms with E-state index < -0.39 is 5.91 Å². The zero-order valence-corrected chi connectivity index (χ0v) is 13.8. The van der Waals surface area contributed by atoms with Gasteiger partial charge in [0.2, 0.25) is 0 Å².